The smallest absolute Gasteiger partial charge is 0.193 e. The summed E-state index contributed by atoms with van der Waals surface area (Å²) in [6, 6.07) is 0. The molecule has 0 amide bonds. The predicted molar refractivity (Wildman–Crippen MR) is 122 cm³/mol. The van der Waals surface area contributed by atoms with Crippen LogP contribution < -0.4 is 0 Å². The van der Waals surface area contributed by atoms with Gasteiger partial charge in [0.2, 0.25) is 0 Å². The molecule has 0 saturated carbocycles. The van der Waals surface area contributed by atoms with Gasteiger partial charge in [0.1, 0.15) is 0 Å². The van der Waals surface area contributed by atoms with E-state index in [0.29, 0.717) is 17.1 Å². The third-order valence-electron chi connectivity index (χ3n) is 5.80. The Labute approximate surface area is 172 Å². The molecule has 0 aromatic heterocycles. The molecule has 0 radical (unpaired) electrons. The van der Waals surface area contributed by atoms with Crippen LogP contribution in [0, 0.1) is 29.6 Å². The van der Waals surface area contributed by atoms with E-state index in [2.05, 4.69) is 83.1 Å². The summed E-state index contributed by atoms with van der Waals surface area (Å²) in [6.45, 7) is 18.2. The standard InChI is InChI=1S/C21H40O2S2Si/c1-16(11-9-12-23-26(7,8)21(4,5)6)19(22)17(2)15-18(3)20-24-13-10-14-25-20/h16-20,22H,10,12-15H2,1-8H3/t16-,17-,18+,19+/m0/s1. The van der Waals surface area contributed by atoms with Gasteiger partial charge >= 0.3 is 0 Å². The fourth-order valence-corrected chi connectivity index (χ4v) is 6.86. The average Bonchev–Trinajstić information content (AvgIpc) is 2.57. The molecule has 1 rings (SSSR count). The van der Waals surface area contributed by atoms with Crippen LogP contribution in [0.5, 0.6) is 0 Å². The first-order valence-corrected chi connectivity index (χ1v) is 15.0. The van der Waals surface area contributed by atoms with Crippen LogP contribution in [0.2, 0.25) is 18.1 Å². The lowest BCUT2D eigenvalue weighted by Crippen LogP contribution is -2.40. The second-order valence-corrected chi connectivity index (χ2v) is 16.9. The molecule has 1 heterocycles. The van der Waals surface area contributed by atoms with Gasteiger partial charge in [0, 0.05) is 5.92 Å². The highest BCUT2D eigenvalue weighted by atomic mass is 32.2. The Kier molecular flexibility index (Phi) is 10.2. The number of rotatable bonds is 7. The summed E-state index contributed by atoms with van der Waals surface area (Å²) in [4.78, 5) is 0. The molecule has 0 bridgehead atoms. The van der Waals surface area contributed by atoms with Crippen molar-refractivity contribution in [2.45, 2.75) is 83.2 Å². The largest absolute Gasteiger partial charge is 0.406 e. The quantitative estimate of drug-likeness (QED) is 0.415. The molecule has 0 aromatic carbocycles. The Morgan fingerprint density at radius 3 is 2.27 bits per heavy atom. The van der Waals surface area contributed by atoms with Gasteiger partial charge in [-0.3, -0.25) is 0 Å². The van der Waals surface area contributed by atoms with Crippen LogP contribution in [0.1, 0.15) is 54.4 Å². The Bertz CT molecular complexity index is 473. The Morgan fingerprint density at radius 1 is 1.15 bits per heavy atom. The van der Waals surface area contributed by atoms with Crippen LogP contribution in [0.25, 0.3) is 0 Å². The lowest BCUT2D eigenvalue weighted by molar-refractivity contribution is 0.0759. The number of hydrogen-bond acceptors (Lipinski definition) is 4. The van der Waals surface area contributed by atoms with E-state index in [9.17, 15) is 5.11 Å². The van der Waals surface area contributed by atoms with Gasteiger partial charge in [-0.25, -0.2) is 0 Å². The van der Waals surface area contributed by atoms with E-state index in [1.54, 1.807) is 0 Å². The Balaban J connectivity index is 2.45. The molecular formula is C21H40O2S2Si. The summed E-state index contributed by atoms with van der Waals surface area (Å²) in [7, 11) is -1.74. The summed E-state index contributed by atoms with van der Waals surface area (Å²) in [5.74, 6) is 9.87. The van der Waals surface area contributed by atoms with Crippen molar-refractivity contribution in [1.82, 2.24) is 0 Å². The number of thioether (sulfide) groups is 2. The van der Waals surface area contributed by atoms with E-state index in [1.165, 1.54) is 17.9 Å². The summed E-state index contributed by atoms with van der Waals surface area (Å²) in [5, 5.41) is 10.9. The predicted octanol–water partition coefficient (Wildman–Crippen LogP) is 5.87. The third-order valence-corrected chi connectivity index (χ3v) is 13.7. The molecule has 1 saturated heterocycles. The molecule has 0 unspecified atom stereocenters. The maximum Gasteiger partial charge on any atom is 0.193 e. The van der Waals surface area contributed by atoms with Crippen molar-refractivity contribution in [2.24, 2.45) is 17.8 Å². The molecule has 152 valence electrons. The number of aliphatic hydroxyl groups is 1. The zero-order valence-electron chi connectivity index (χ0n) is 18.1. The van der Waals surface area contributed by atoms with Gasteiger partial charge in [-0.2, -0.15) is 0 Å². The monoisotopic (exact) mass is 416 g/mol. The maximum absolute atomic E-state index is 10.7. The highest BCUT2D eigenvalue weighted by Crippen LogP contribution is 2.39. The van der Waals surface area contributed by atoms with Gasteiger partial charge < -0.3 is 9.53 Å². The van der Waals surface area contributed by atoms with Crippen molar-refractivity contribution < 1.29 is 9.53 Å². The van der Waals surface area contributed by atoms with Crippen molar-refractivity contribution in [1.29, 1.82) is 0 Å². The molecule has 4 atom stereocenters. The first-order valence-electron chi connectivity index (χ1n) is 9.99. The van der Waals surface area contributed by atoms with E-state index in [1.807, 2.05) is 6.92 Å². The summed E-state index contributed by atoms with van der Waals surface area (Å²) >= 11 is 4.19. The summed E-state index contributed by atoms with van der Waals surface area (Å²) in [6.07, 6.45) is 2.04. The zero-order chi connectivity index (χ0) is 20.0. The first kappa shape index (κ1) is 24.4. The summed E-state index contributed by atoms with van der Waals surface area (Å²) < 4.78 is 6.80. The topological polar surface area (TPSA) is 29.5 Å². The molecule has 26 heavy (non-hydrogen) atoms. The Morgan fingerprint density at radius 2 is 1.73 bits per heavy atom. The van der Waals surface area contributed by atoms with Crippen molar-refractivity contribution in [3.8, 4) is 11.8 Å². The van der Waals surface area contributed by atoms with Crippen molar-refractivity contribution >= 4 is 31.8 Å². The van der Waals surface area contributed by atoms with Crippen molar-refractivity contribution in [3.05, 3.63) is 0 Å². The third kappa shape index (κ3) is 7.79. The van der Waals surface area contributed by atoms with Gasteiger partial charge in [-0.15, -0.1) is 23.5 Å². The lowest BCUT2D eigenvalue weighted by atomic mass is 9.87. The van der Waals surface area contributed by atoms with Gasteiger partial charge in [0.15, 0.2) is 8.32 Å². The molecule has 0 aliphatic carbocycles. The lowest BCUT2D eigenvalue weighted by Gasteiger charge is -2.35. The van der Waals surface area contributed by atoms with Crippen LogP contribution >= 0.6 is 23.5 Å². The second-order valence-electron chi connectivity index (χ2n) is 9.30. The maximum atomic E-state index is 10.7. The van der Waals surface area contributed by atoms with Crippen LogP contribution in [-0.4, -0.2) is 42.2 Å². The minimum atomic E-state index is -1.74. The van der Waals surface area contributed by atoms with Crippen molar-refractivity contribution in [2.75, 3.05) is 18.1 Å². The first-order chi connectivity index (χ1) is 12.0. The van der Waals surface area contributed by atoms with Gasteiger partial charge in [-0.1, -0.05) is 46.5 Å². The fourth-order valence-electron chi connectivity index (χ4n) is 2.89. The van der Waals surface area contributed by atoms with E-state index in [0.717, 1.165) is 6.42 Å². The molecule has 0 aromatic rings. The molecule has 5 heteroatoms. The van der Waals surface area contributed by atoms with Crippen LogP contribution in [0.15, 0.2) is 0 Å². The summed E-state index contributed by atoms with van der Waals surface area (Å²) in [5.41, 5.74) is 0. The molecule has 1 aliphatic heterocycles. The van der Waals surface area contributed by atoms with Crippen LogP contribution in [0.3, 0.4) is 0 Å². The number of hydrogen-bond donors (Lipinski definition) is 1. The molecule has 1 N–H and O–H groups in total. The zero-order valence-corrected chi connectivity index (χ0v) is 20.7. The number of aliphatic hydroxyl groups excluding tert-OH is 1. The normalized spacial score (nSPS) is 21.4. The highest BCUT2D eigenvalue weighted by Gasteiger charge is 2.36. The van der Waals surface area contributed by atoms with Crippen molar-refractivity contribution in [3.63, 3.8) is 0 Å². The molecule has 2 nitrogen and oxygen atoms in total. The highest BCUT2D eigenvalue weighted by molar-refractivity contribution is 8.17. The Hall–Kier alpha value is 0.397. The second kappa shape index (κ2) is 10.8. The van der Waals surface area contributed by atoms with Gasteiger partial charge in [-0.05, 0) is 61.2 Å². The molecule has 0 spiro atoms. The molecular weight excluding hydrogens is 376 g/mol. The van der Waals surface area contributed by atoms with Gasteiger partial charge in [0.05, 0.1) is 17.3 Å². The molecule has 1 aliphatic rings. The SMILES string of the molecule is C[C@H](C[C@H](C)[C@H](O)[C@@H](C)C#CCO[Si](C)(C)C(C)(C)C)C1SCCCS1. The minimum Gasteiger partial charge on any atom is -0.406 e. The van der Waals surface area contributed by atoms with Gasteiger partial charge in [0.25, 0.3) is 0 Å². The van der Waals surface area contributed by atoms with E-state index in [-0.39, 0.29) is 23.0 Å². The van der Waals surface area contributed by atoms with E-state index >= 15 is 0 Å². The van der Waals surface area contributed by atoms with E-state index in [4.69, 9.17) is 4.43 Å². The average molecular weight is 417 g/mol. The minimum absolute atomic E-state index is 0.00752. The van der Waals surface area contributed by atoms with E-state index < -0.39 is 8.32 Å². The van der Waals surface area contributed by atoms with Crippen LogP contribution in [-0.2, 0) is 4.43 Å². The van der Waals surface area contributed by atoms with Crippen LogP contribution in [0.4, 0.5) is 0 Å². The fraction of sp³-hybridized carbons (Fsp3) is 0.905. The molecule has 1 fully saturated rings.